The van der Waals surface area contributed by atoms with Crippen LogP contribution in [0.2, 0.25) is 10.0 Å². The average Bonchev–Trinajstić information content (AvgIpc) is 3.79. The Morgan fingerprint density at radius 1 is 0.755 bits per heavy atom. The second-order valence-corrected chi connectivity index (χ2v) is 13.9. The maximum absolute atomic E-state index is 13.6. The Morgan fingerprint density at radius 2 is 1.36 bits per heavy atom. The molecular formula is C39H39Cl2N7O5. The van der Waals surface area contributed by atoms with Crippen LogP contribution in [0, 0.1) is 0 Å². The first-order valence-electron chi connectivity index (χ1n) is 17.5. The lowest BCUT2D eigenvalue weighted by Gasteiger charge is -2.16. The number of carbonyl (C=O) groups excluding carboxylic acids is 2. The lowest BCUT2D eigenvalue weighted by Crippen LogP contribution is -2.36. The Bertz CT molecular complexity index is 2260. The van der Waals surface area contributed by atoms with E-state index in [-0.39, 0.29) is 41.9 Å². The quantitative estimate of drug-likeness (QED) is 0.128. The summed E-state index contributed by atoms with van der Waals surface area (Å²) in [6, 6.07) is 19.1. The molecule has 0 aliphatic carbocycles. The molecule has 2 aromatic carbocycles. The molecule has 5 aromatic rings. The highest BCUT2D eigenvalue weighted by Crippen LogP contribution is 2.42. The summed E-state index contributed by atoms with van der Waals surface area (Å²) >= 11 is 14.2. The first kappa shape index (κ1) is 36.4. The second kappa shape index (κ2) is 15.9. The fraction of sp³-hybridized carbons (Fsp3) is 0.308. The highest BCUT2D eigenvalue weighted by Gasteiger charge is 2.23. The molecular weight excluding hydrogens is 717 g/mol. The van der Waals surface area contributed by atoms with Gasteiger partial charge in [-0.15, -0.1) is 0 Å². The van der Waals surface area contributed by atoms with Crippen LogP contribution in [0.3, 0.4) is 0 Å². The van der Waals surface area contributed by atoms with E-state index in [2.05, 4.69) is 26.3 Å². The van der Waals surface area contributed by atoms with Crippen LogP contribution in [0.4, 0.5) is 0 Å². The van der Waals surface area contributed by atoms with Crippen LogP contribution in [0.5, 0.6) is 11.8 Å². The molecule has 2 unspecified atom stereocenters. The molecule has 2 saturated heterocycles. The summed E-state index contributed by atoms with van der Waals surface area (Å²) in [7, 11) is 3.07. The van der Waals surface area contributed by atoms with Crippen LogP contribution >= 0.6 is 23.2 Å². The smallest absolute Gasteiger partial charge is 0.266 e. The van der Waals surface area contributed by atoms with Crippen molar-refractivity contribution in [2.75, 3.05) is 27.3 Å². The van der Waals surface area contributed by atoms with Crippen molar-refractivity contribution in [3.63, 3.8) is 0 Å². The molecule has 2 fully saturated rings. The number of halogens is 2. The van der Waals surface area contributed by atoms with Crippen LogP contribution < -0.4 is 36.3 Å². The average molecular weight is 757 g/mol. The SMILES string of the molecule is COc1nc(-c2cccc(-c3cccc(-c4ccn5c(=O)c(CNCC6CCC(=O)N6)c(OC)nc5c4)c3Cl)c2Cl)ccc1CNCC1CCC(=O)N1. The van der Waals surface area contributed by atoms with Crippen molar-refractivity contribution < 1.29 is 19.1 Å². The first-order chi connectivity index (χ1) is 25.7. The highest BCUT2D eigenvalue weighted by atomic mass is 35.5. The van der Waals surface area contributed by atoms with E-state index < -0.39 is 0 Å². The van der Waals surface area contributed by atoms with Gasteiger partial charge in [0.25, 0.3) is 5.56 Å². The number of hydrogen-bond donors (Lipinski definition) is 4. The van der Waals surface area contributed by atoms with Gasteiger partial charge in [0.2, 0.25) is 23.6 Å². The number of rotatable bonds is 13. The van der Waals surface area contributed by atoms with Gasteiger partial charge < -0.3 is 30.7 Å². The molecule has 0 bridgehead atoms. The van der Waals surface area contributed by atoms with Gasteiger partial charge in [-0.25, -0.2) is 4.98 Å². The zero-order valence-electron chi connectivity index (χ0n) is 29.3. The highest BCUT2D eigenvalue weighted by molar-refractivity contribution is 6.39. The van der Waals surface area contributed by atoms with E-state index >= 15 is 0 Å². The summed E-state index contributed by atoms with van der Waals surface area (Å²) < 4.78 is 12.7. The summed E-state index contributed by atoms with van der Waals surface area (Å²) in [5, 5.41) is 13.5. The van der Waals surface area contributed by atoms with Crippen molar-refractivity contribution in [1.82, 2.24) is 35.6 Å². The third kappa shape index (κ3) is 7.72. The molecule has 12 nitrogen and oxygen atoms in total. The molecule has 3 aromatic heterocycles. The molecule has 2 aliphatic heterocycles. The molecule has 2 amide bonds. The Morgan fingerprint density at radius 3 is 1.98 bits per heavy atom. The number of methoxy groups -OCH3 is 2. The van der Waals surface area contributed by atoms with Crippen LogP contribution in [-0.2, 0) is 22.7 Å². The number of amides is 2. The summed E-state index contributed by atoms with van der Waals surface area (Å²) in [5.74, 6) is 0.839. The number of nitrogens with one attached hydrogen (secondary N) is 4. The standard InChI is InChI=1S/C39H39Cl2N7O5/c1-52-37-23(18-42-19-24-10-13-33(49)44-24)9-12-31(46-37)29-8-4-7-28(36(29)41)27-6-3-5-26(35(27)40)22-15-16-48-32(17-22)47-38(53-2)30(39(48)51)21-43-20-25-11-14-34(50)45-25/h3-9,12,15-17,24-25,42-43H,10-11,13-14,18-21H2,1-2H3,(H,44,49)(H,45,50). The molecule has 14 heteroatoms. The number of nitrogens with zero attached hydrogens (tertiary/aromatic N) is 3. The van der Waals surface area contributed by atoms with Gasteiger partial charge in [-0.1, -0.05) is 65.7 Å². The largest absolute Gasteiger partial charge is 0.481 e. The molecule has 4 N–H and O–H groups in total. The maximum atomic E-state index is 13.6. The fourth-order valence-corrected chi connectivity index (χ4v) is 7.55. The van der Waals surface area contributed by atoms with Crippen molar-refractivity contribution in [3.8, 4) is 45.3 Å². The number of aromatic nitrogens is 3. The number of ether oxygens (including phenoxy) is 2. The molecule has 274 valence electrons. The molecule has 2 aliphatic rings. The van der Waals surface area contributed by atoms with Gasteiger partial charge in [-0.3, -0.25) is 18.8 Å². The second-order valence-electron chi connectivity index (χ2n) is 13.1. The summed E-state index contributed by atoms with van der Waals surface area (Å²) in [5.41, 5.74) is 5.75. The van der Waals surface area contributed by atoms with E-state index in [0.717, 1.165) is 46.2 Å². The van der Waals surface area contributed by atoms with Crippen molar-refractivity contribution >= 4 is 40.7 Å². The van der Waals surface area contributed by atoms with Gasteiger partial charge in [-0.05, 0) is 36.6 Å². The maximum Gasteiger partial charge on any atom is 0.266 e. The normalized spacial score (nSPS) is 16.9. The van der Waals surface area contributed by atoms with Gasteiger partial charge >= 0.3 is 0 Å². The topological polar surface area (TPSA) is 148 Å². The summed E-state index contributed by atoms with van der Waals surface area (Å²) in [4.78, 5) is 46.1. The molecule has 53 heavy (non-hydrogen) atoms. The van der Waals surface area contributed by atoms with Crippen LogP contribution in [0.15, 0.2) is 71.7 Å². The van der Waals surface area contributed by atoms with Crippen LogP contribution in [-0.4, -0.2) is 65.6 Å². The molecule has 5 heterocycles. The molecule has 2 atom stereocenters. The van der Waals surface area contributed by atoms with Gasteiger partial charge in [0, 0.05) is 85.1 Å². The number of benzene rings is 2. The van der Waals surface area contributed by atoms with Crippen molar-refractivity contribution in [2.45, 2.75) is 50.9 Å². The number of fused-ring (bicyclic) bond motifs is 1. The predicted octanol–water partition coefficient (Wildman–Crippen LogP) is 5.15. The number of carbonyl (C=O) groups is 2. The lowest BCUT2D eigenvalue weighted by atomic mass is 9.97. The first-order valence-corrected chi connectivity index (χ1v) is 18.2. The predicted molar refractivity (Wildman–Crippen MR) is 204 cm³/mol. The lowest BCUT2D eigenvalue weighted by molar-refractivity contribution is -0.120. The molecule has 0 saturated carbocycles. The molecule has 0 spiro atoms. The zero-order valence-corrected chi connectivity index (χ0v) is 30.8. The van der Waals surface area contributed by atoms with Crippen LogP contribution in [0.25, 0.3) is 39.2 Å². The Labute approximate surface area is 316 Å². The number of hydrogen-bond acceptors (Lipinski definition) is 9. The van der Waals surface area contributed by atoms with Crippen molar-refractivity contribution in [1.29, 1.82) is 0 Å². The van der Waals surface area contributed by atoms with Gasteiger partial charge in [-0.2, -0.15) is 4.98 Å². The fourth-order valence-electron chi connectivity index (χ4n) is 6.89. The van der Waals surface area contributed by atoms with E-state index in [1.165, 1.54) is 11.5 Å². The van der Waals surface area contributed by atoms with Crippen LogP contribution in [0.1, 0.15) is 36.8 Å². The molecule has 7 rings (SSSR count). The Hall–Kier alpha value is -5.01. The van der Waals surface area contributed by atoms with Gasteiger partial charge in [0.1, 0.15) is 5.65 Å². The Balaban J connectivity index is 1.13. The van der Waals surface area contributed by atoms with E-state index in [4.69, 9.17) is 37.7 Å². The van der Waals surface area contributed by atoms with E-state index in [9.17, 15) is 14.4 Å². The summed E-state index contributed by atoms with van der Waals surface area (Å²) in [6.07, 6.45) is 4.33. The van der Waals surface area contributed by atoms with Crippen molar-refractivity contribution in [3.05, 3.63) is 98.4 Å². The Kier molecular flexibility index (Phi) is 10.9. The van der Waals surface area contributed by atoms with Gasteiger partial charge in [0.15, 0.2) is 0 Å². The zero-order chi connectivity index (χ0) is 37.1. The third-order valence-electron chi connectivity index (χ3n) is 9.65. The minimum Gasteiger partial charge on any atom is -0.481 e. The minimum atomic E-state index is -0.251. The van der Waals surface area contributed by atoms with E-state index in [1.807, 2.05) is 54.6 Å². The minimum absolute atomic E-state index is 0.0321. The van der Waals surface area contributed by atoms with Gasteiger partial charge in [0.05, 0.1) is 35.5 Å². The third-order valence-corrected chi connectivity index (χ3v) is 10.5. The monoisotopic (exact) mass is 755 g/mol. The molecule has 0 radical (unpaired) electrons. The number of pyridine rings is 2. The van der Waals surface area contributed by atoms with Crippen molar-refractivity contribution in [2.24, 2.45) is 0 Å². The van der Waals surface area contributed by atoms with E-state index in [1.54, 1.807) is 19.4 Å². The van der Waals surface area contributed by atoms with E-state index in [0.29, 0.717) is 65.3 Å². The summed E-state index contributed by atoms with van der Waals surface area (Å²) in [6.45, 7) is 1.98.